The molecule has 0 fully saturated rings. The first-order valence-electron chi connectivity index (χ1n) is 9.50. The second kappa shape index (κ2) is 7.82. The Kier molecular flexibility index (Phi) is 5.67. The van der Waals surface area contributed by atoms with Crippen LogP contribution in [0.25, 0.3) is 0 Å². The van der Waals surface area contributed by atoms with E-state index in [9.17, 15) is 9.90 Å². The molecule has 27 heavy (non-hydrogen) atoms. The number of carbonyl (C=O) groups excluding carboxylic acids is 1. The van der Waals surface area contributed by atoms with Gasteiger partial charge in [-0.15, -0.1) is 0 Å². The highest BCUT2D eigenvalue weighted by Crippen LogP contribution is 2.23. The maximum atomic E-state index is 11.8. The van der Waals surface area contributed by atoms with Crippen molar-refractivity contribution in [3.05, 3.63) is 34.4 Å². The molecular formula is C19H30N6O2. The molecule has 0 aliphatic carbocycles. The van der Waals surface area contributed by atoms with Crippen LogP contribution in [-0.4, -0.2) is 61.0 Å². The Bertz CT molecular complexity index is 823. The monoisotopic (exact) mass is 374 g/mol. The molecule has 0 radical (unpaired) electrons. The summed E-state index contributed by atoms with van der Waals surface area (Å²) in [5, 5.41) is 19.5. The number of carbonyl (C=O) groups is 1. The SMILES string of the molecule is CCn1nc(C)c(CN2CCn3nc([C@H](O)CC(=O)N(C)C)cc3C2)c1C. The number of aryl methyl sites for hydroxylation is 2. The molecule has 8 heteroatoms. The topological polar surface area (TPSA) is 79.4 Å². The molecule has 1 N–H and O–H groups in total. The van der Waals surface area contributed by atoms with Crippen LogP contribution >= 0.6 is 0 Å². The number of nitrogens with zero attached hydrogens (tertiary/aromatic N) is 6. The van der Waals surface area contributed by atoms with Crippen LogP contribution in [0.1, 0.15) is 47.8 Å². The Morgan fingerprint density at radius 2 is 2.04 bits per heavy atom. The zero-order valence-corrected chi connectivity index (χ0v) is 16.9. The first-order chi connectivity index (χ1) is 12.8. The third-order valence-electron chi connectivity index (χ3n) is 5.32. The van der Waals surface area contributed by atoms with Crippen LogP contribution in [0.5, 0.6) is 0 Å². The highest BCUT2D eigenvalue weighted by Gasteiger charge is 2.24. The average Bonchev–Trinajstić information content (AvgIpc) is 3.17. The molecule has 0 spiro atoms. The van der Waals surface area contributed by atoms with Crippen molar-refractivity contribution in [1.82, 2.24) is 29.4 Å². The fourth-order valence-electron chi connectivity index (χ4n) is 3.59. The van der Waals surface area contributed by atoms with E-state index in [0.717, 1.165) is 44.1 Å². The Labute approximate surface area is 160 Å². The number of amides is 1. The molecule has 1 atom stereocenters. The molecule has 2 aromatic rings. The third-order valence-corrected chi connectivity index (χ3v) is 5.32. The molecule has 1 amide bonds. The van der Waals surface area contributed by atoms with Crippen molar-refractivity contribution in [2.24, 2.45) is 0 Å². The first-order valence-corrected chi connectivity index (χ1v) is 9.50. The zero-order valence-electron chi connectivity index (χ0n) is 16.9. The molecule has 148 valence electrons. The van der Waals surface area contributed by atoms with Gasteiger partial charge in [0.25, 0.3) is 0 Å². The van der Waals surface area contributed by atoms with E-state index >= 15 is 0 Å². The van der Waals surface area contributed by atoms with Gasteiger partial charge >= 0.3 is 0 Å². The van der Waals surface area contributed by atoms with E-state index in [1.807, 2.05) is 10.7 Å². The first kappa shape index (κ1) is 19.6. The normalized spacial score (nSPS) is 15.6. The summed E-state index contributed by atoms with van der Waals surface area (Å²) in [6.45, 7) is 10.5. The van der Waals surface area contributed by atoms with Crippen LogP contribution < -0.4 is 0 Å². The van der Waals surface area contributed by atoms with Crippen LogP contribution in [0.2, 0.25) is 0 Å². The van der Waals surface area contributed by atoms with Gasteiger partial charge in [-0.3, -0.25) is 19.1 Å². The molecule has 0 unspecified atom stereocenters. The molecule has 0 saturated heterocycles. The number of fused-ring (bicyclic) bond motifs is 1. The van der Waals surface area contributed by atoms with Gasteiger partial charge in [0.15, 0.2) is 0 Å². The average molecular weight is 374 g/mol. The zero-order chi connectivity index (χ0) is 19.7. The second-order valence-electron chi connectivity index (χ2n) is 7.47. The summed E-state index contributed by atoms with van der Waals surface area (Å²) in [5.41, 5.74) is 5.26. The fourth-order valence-corrected chi connectivity index (χ4v) is 3.59. The predicted molar refractivity (Wildman–Crippen MR) is 102 cm³/mol. The maximum absolute atomic E-state index is 11.8. The minimum absolute atomic E-state index is 0.0573. The Balaban J connectivity index is 1.69. The second-order valence-corrected chi connectivity index (χ2v) is 7.47. The van der Waals surface area contributed by atoms with Crippen LogP contribution in [0, 0.1) is 13.8 Å². The van der Waals surface area contributed by atoms with Crippen molar-refractivity contribution in [3.8, 4) is 0 Å². The number of hydrogen-bond donors (Lipinski definition) is 1. The Morgan fingerprint density at radius 3 is 2.67 bits per heavy atom. The lowest BCUT2D eigenvalue weighted by Gasteiger charge is -2.27. The molecule has 3 heterocycles. The van der Waals surface area contributed by atoms with Crippen LogP contribution in [0.3, 0.4) is 0 Å². The lowest BCUT2D eigenvalue weighted by molar-refractivity contribution is -0.130. The number of aliphatic hydroxyl groups excluding tert-OH is 1. The quantitative estimate of drug-likeness (QED) is 0.823. The lowest BCUT2D eigenvalue weighted by Crippen LogP contribution is -2.33. The Morgan fingerprint density at radius 1 is 1.30 bits per heavy atom. The van der Waals surface area contributed by atoms with Gasteiger partial charge in [-0.25, -0.2) is 0 Å². The van der Waals surface area contributed by atoms with E-state index in [0.29, 0.717) is 5.69 Å². The predicted octanol–water partition coefficient (Wildman–Crippen LogP) is 1.24. The van der Waals surface area contributed by atoms with Gasteiger partial charge in [0.1, 0.15) is 6.10 Å². The summed E-state index contributed by atoms with van der Waals surface area (Å²) < 4.78 is 4.00. The van der Waals surface area contributed by atoms with Crippen molar-refractivity contribution < 1.29 is 9.90 Å². The van der Waals surface area contributed by atoms with Gasteiger partial charge in [0.05, 0.1) is 30.0 Å². The third kappa shape index (κ3) is 4.06. The van der Waals surface area contributed by atoms with E-state index in [-0.39, 0.29) is 12.3 Å². The van der Waals surface area contributed by atoms with E-state index < -0.39 is 6.10 Å². The summed E-state index contributed by atoms with van der Waals surface area (Å²) in [6, 6.07) is 1.93. The number of rotatable bonds is 6. The summed E-state index contributed by atoms with van der Waals surface area (Å²) in [6.07, 6.45) is -0.805. The van der Waals surface area contributed by atoms with E-state index in [1.54, 1.807) is 14.1 Å². The maximum Gasteiger partial charge on any atom is 0.225 e. The highest BCUT2D eigenvalue weighted by atomic mass is 16.3. The van der Waals surface area contributed by atoms with Crippen molar-refractivity contribution in [2.45, 2.75) is 59.5 Å². The van der Waals surface area contributed by atoms with Gasteiger partial charge in [0, 0.05) is 51.5 Å². The smallest absolute Gasteiger partial charge is 0.225 e. The molecule has 0 aromatic carbocycles. The lowest BCUT2D eigenvalue weighted by atomic mass is 10.1. The minimum Gasteiger partial charge on any atom is -0.386 e. The van der Waals surface area contributed by atoms with Crippen LogP contribution in [0.4, 0.5) is 0 Å². The van der Waals surface area contributed by atoms with Crippen LogP contribution in [0.15, 0.2) is 6.07 Å². The molecule has 0 bridgehead atoms. The molecule has 2 aromatic heterocycles. The van der Waals surface area contributed by atoms with E-state index in [2.05, 4.69) is 40.6 Å². The van der Waals surface area contributed by atoms with E-state index in [4.69, 9.17) is 0 Å². The summed E-state index contributed by atoms with van der Waals surface area (Å²) in [5.74, 6) is -0.103. The van der Waals surface area contributed by atoms with Crippen molar-refractivity contribution >= 4 is 5.91 Å². The molecule has 1 aliphatic heterocycles. The molecule has 8 nitrogen and oxygen atoms in total. The summed E-state index contributed by atoms with van der Waals surface area (Å²) in [4.78, 5) is 15.7. The highest BCUT2D eigenvalue weighted by molar-refractivity contribution is 5.76. The molecule has 3 rings (SSSR count). The minimum atomic E-state index is -0.862. The van der Waals surface area contributed by atoms with Gasteiger partial charge in [0.2, 0.25) is 5.91 Å². The fraction of sp³-hybridized carbons (Fsp3) is 0.632. The van der Waals surface area contributed by atoms with Crippen molar-refractivity contribution in [2.75, 3.05) is 20.6 Å². The van der Waals surface area contributed by atoms with Gasteiger partial charge in [-0.1, -0.05) is 0 Å². The Hall–Kier alpha value is -2.19. The van der Waals surface area contributed by atoms with Crippen LogP contribution in [-0.2, 0) is 31.0 Å². The standard InChI is InChI=1S/C19H30N6O2/c1-6-24-14(3)16(13(2)20-24)12-23-7-8-25-15(11-23)9-17(21-25)18(26)10-19(27)22(4)5/h9,18,26H,6-8,10-12H2,1-5H3/t18-/m1/s1. The number of aromatic nitrogens is 4. The van der Waals surface area contributed by atoms with Gasteiger partial charge in [-0.2, -0.15) is 10.2 Å². The van der Waals surface area contributed by atoms with E-state index in [1.165, 1.54) is 16.2 Å². The molecule has 1 aliphatic rings. The van der Waals surface area contributed by atoms with Crippen molar-refractivity contribution in [1.29, 1.82) is 0 Å². The van der Waals surface area contributed by atoms with Crippen molar-refractivity contribution in [3.63, 3.8) is 0 Å². The van der Waals surface area contributed by atoms with Gasteiger partial charge in [-0.05, 0) is 26.8 Å². The molecular weight excluding hydrogens is 344 g/mol. The largest absolute Gasteiger partial charge is 0.386 e. The summed E-state index contributed by atoms with van der Waals surface area (Å²) >= 11 is 0. The number of hydrogen-bond acceptors (Lipinski definition) is 5. The van der Waals surface area contributed by atoms with Gasteiger partial charge < -0.3 is 10.0 Å². The molecule has 0 saturated carbocycles. The summed E-state index contributed by atoms with van der Waals surface area (Å²) in [7, 11) is 3.38. The number of aliphatic hydroxyl groups is 1.